The molecule has 8 nitrogen and oxygen atoms in total. The lowest BCUT2D eigenvalue weighted by Crippen LogP contribution is -2.52. The molecule has 182 valence electrons. The van der Waals surface area contributed by atoms with Gasteiger partial charge in [0, 0.05) is 51.8 Å². The van der Waals surface area contributed by atoms with Crippen LogP contribution in [0.2, 0.25) is 0 Å². The van der Waals surface area contributed by atoms with Crippen LogP contribution in [0.25, 0.3) is 0 Å². The highest BCUT2D eigenvalue weighted by molar-refractivity contribution is 5.97. The second-order valence-electron chi connectivity index (χ2n) is 8.52. The van der Waals surface area contributed by atoms with Gasteiger partial charge < -0.3 is 24.0 Å². The van der Waals surface area contributed by atoms with Crippen molar-refractivity contribution < 1.29 is 23.8 Å². The van der Waals surface area contributed by atoms with Gasteiger partial charge in [-0.15, -0.1) is 0 Å². The molecule has 0 N–H and O–H groups in total. The average Bonchev–Trinajstić information content (AvgIpc) is 2.88. The smallest absolute Gasteiger partial charge is 0.257 e. The molecular formula is C26H33N3O5. The Labute approximate surface area is 201 Å². The lowest BCUT2D eigenvalue weighted by atomic mass is 10.00. The molecule has 0 bridgehead atoms. The van der Waals surface area contributed by atoms with E-state index in [-0.39, 0.29) is 17.9 Å². The third-order valence-electron chi connectivity index (χ3n) is 6.46. The maximum Gasteiger partial charge on any atom is 0.257 e. The van der Waals surface area contributed by atoms with Crippen LogP contribution in [0.1, 0.15) is 28.9 Å². The van der Waals surface area contributed by atoms with Crippen LogP contribution in [0.15, 0.2) is 48.5 Å². The summed E-state index contributed by atoms with van der Waals surface area (Å²) < 4.78 is 17.0. The van der Waals surface area contributed by atoms with Crippen molar-refractivity contribution in [3.05, 3.63) is 59.7 Å². The number of carbonyl (C=O) groups is 2. The number of ether oxygens (including phenoxy) is 3. The lowest BCUT2D eigenvalue weighted by molar-refractivity contribution is -0.133. The molecule has 2 aliphatic heterocycles. The normalized spacial score (nSPS) is 19.1. The van der Waals surface area contributed by atoms with Crippen LogP contribution in [0, 0.1) is 0 Å². The van der Waals surface area contributed by atoms with Crippen molar-refractivity contribution in [3.8, 4) is 11.5 Å². The topological polar surface area (TPSA) is 71.5 Å². The van der Waals surface area contributed by atoms with Gasteiger partial charge in [0.25, 0.3) is 5.91 Å². The summed E-state index contributed by atoms with van der Waals surface area (Å²) in [5, 5.41) is 0. The maximum atomic E-state index is 13.6. The molecule has 0 aliphatic carbocycles. The summed E-state index contributed by atoms with van der Waals surface area (Å²) in [6, 6.07) is 14.8. The Morgan fingerprint density at radius 1 is 0.971 bits per heavy atom. The first-order valence-corrected chi connectivity index (χ1v) is 11.8. The number of morpholine rings is 1. The van der Waals surface area contributed by atoms with Gasteiger partial charge in [0.1, 0.15) is 18.1 Å². The number of hydrogen-bond donors (Lipinski definition) is 0. The van der Waals surface area contributed by atoms with Crippen molar-refractivity contribution >= 4 is 11.8 Å². The molecule has 0 aromatic heterocycles. The van der Waals surface area contributed by atoms with Crippen molar-refractivity contribution in [2.75, 3.05) is 66.2 Å². The summed E-state index contributed by atoms with van der Waals surface area (Å²) in [4.78, 5) is 31.9. The van der Waals surface area contributed by atoms with Crippen LogP contribution < -0.4 is 9.47 Å². The van der Waals surface area contributed by atoms with Crippen LogP contribution in [0.4, 0.5) is 0 Å². The summed E-state index contributed by atoms with van der Waals surface area (Å²) in [5.41, 5.74) is 1.44. The molecule has 8 heteroatoms. The zero-order valence-corrected chi connectivity index (χ0v) is 19.9. The van der Waals surface area contributed by atoms with Crippen molar-refractivity contribution in [2.45, 2.75) is 13.0 Å². The average molecular weight is 468 g/mol. The number of carbonyl (C=O) groups excluding carboxylic acids is 2. The largest absolute Gasteiger partial charge is 0.496 e. The summed E-state index contributed by atoms with van der Waals surface area (Å²) in [5.74, 6) is 1.18. The molecule has 2 aliphatic rings. The molecule has 0 unspecified atom stereocenters. The van der Waals surface area contributed by atoms with Crippen LogP contribution in [0.5, 0.6) is 11.5 Å². The number of para-hydroxylation sites is 2. The number of benzene rings is 2. The number of hydrogen-bond acceptors (Lipinski definition) is 6. The van der Waals surface area contributed by atoms with E-state index in [1.807, 2.05) is 53.4 Å². The molecule has 2 aromatic rings. The second kappa shape index (κ2) is 11.4. The van der Waals surface area contributed by atoms with Crippen molar-refractivity contribution in [3.63, 3.8) is 0 Å². The minimum absolute atomic E-state index is 0.0187. The molecule has 2 aromatic carbocycles. The number of amides is 2. The molecule has 2 heterocycles. The first-order chi connectivity index (χ1) is 16.6. The fourth-order valence-electron chi connectivity index (χ4n) is 4.60. The van der Waals surface area contributed by atoms with Gasteiger partial charge in [-0.3, -0.25) is 14.5 Å². The van der Waals surface area contributed by atoms with E-state index in [9.17, 15) is 9.59 Å². The predicted molar refractivity (Wildman–Crippen MR) is 128 cm³/mol. The molecule has 2 saturated heterocycles. The highest BCUT2D eigenvalue weighted by Crippen LogP contribution is 2.33. The SMILES string of the molecule is COc1ccccc1[C@@H]1CN(C(=O)c2ccccc2OCCN2CCOCC2)CCN1C(C)=O. The van der Waals surface area contributed by atoms with Gasteiger partial charge in [0.15, 0.2) is 0 Å². The molecule has 0 saturated carbocycles. The Kier molecular flexibility index (Phi) is 8.03. The highest BCUT2D eigenvalue weighted by atomic mass is 16.5. The van der Waals surface area contributed by atoms with E-state index in [2.05, 4.69) is 4.90 Å². The zero-order valence-electron chi connectivity index (χ0n) is 19.9. The van der Waals surface area contributed by atoms with Crippen molar-refractivity contribution in [1.82, 2.24) is 14.7 Å². The van der Waals surface area contributed by atoms with Crippen LogP contribution in [-0.2, 0) is 9.53 Å². The van der Waals surface area contributed by atoms with Gasteiger partial charge in [-0.05, 0) is 18.2 Å². The van der Waals surface area contributed by atoms with Gasteiger partial charge in [0.05, 0.1) is 31.9 Å². The first-order valence-electron chi connectivity index (χ1n) is 11.8. The molecule has 4 rings (SSSR count). The van der Waals surface area contributed by atoms with Gasteiger partial charge in [-0.2, -0.15) is 0 Å². The fourth-order valence-corrected chi connectivity index (χ4v) is 4.60. The molecule has 0 radical (unpaired) electrons. The second-order valence-corrected chi connectivity index (χ2v) is 8.52. The summed E-state index contributed by atoms with van der Waals surface area (Å²) in [7, 11) is 1.62. The number of piperazine rings is 1. The van der Waals surface area contributed by atoms with Gasteiger partial charge in [0.2, 0.25) is 5.91 Å². The molecule has 2 fully saturated rings. The Hall–Kier alpha value is -3.10. The van der Waals surface area contributed by atoms with E-state index in [0.29, 0.717) is 43.3 Å². The van der Waals surface area contributed by atoms with Gasteiger partial charge in [-0.1, -0.05) is 30.3 Å². The van der Waals surface area contributed by atoms with E-state index in [1.54, 1.807) is 18.9 Å². The Morgan fingerprint density at radius 3 is 2.41 bits per heavy atom. The number of nitrogens with zero attached hydrogens (tertiary/aromatic N) is 3. The fraction of sp³-hybridized carbons (Fsp3) is 0.462. The van der Waals surface area contributed by atoms with Gasteiger partial charge >= 0.3 is 0 Å². The zero-order chi connectivity index (χ0) is 23.9. The minimum atomic E-state index is -0.277. The Bertz CT molecular complexity index is 992. The first kappa shape index (κ1) is 24.0. The third kappa shape index (κ3) is 5.51. The summed E-state index contributed by atoms with van der Waals surface area (Å²) in [6.45, 7) is 7.46. The van der Waals surface area contributed by atoms with E-state index in [0.717, 1.165) is 38.4 Å². The minimum Gasteiger partial charge on any atom is -0.496 e. The van der Waals surface area contributed by atoms with Gasteiger partial charge in [-0.25, -0.2) is 0 Å². The lowest BCUT2D eigenvalue weighted by Gasteiger charge is -2.41. The van der Waals surface area contributed by atoms with E-state index in [1.165, 1.54) is 0 Å². The van der Waals surface area contributed by atoms with E-state index in [4.69, 9.17) is 14.2 Å². The Morgan fingerprint density at radius 2 is 1.68 bits per heavy atom. The maximum absolute atomic E-state index is 13.6. The summed E-state index contributed by atoms with van der Waals surface area (Å²) in [6.07, 6.45) is 0. The van der Waals surface area contributed by atoms with Crippen LogP contribution >= 0.6 is 0 Å². The monoisotopic (exact) mass is 467 g/mol. The predicted octanol–water partition coefficient (Wildman–Crippen LogP) is 2.45. The molecular weight excluding hydrogens is 434 g/mol. The standard InChI is InChI=1S/C26H33N3O5/c1-20(30)29-12-11-28(19-23(29)21-7-3-5-9-24(21)32-2)26(31)22-8-4-6-10-25(22)34-18-15-27-13-16-33-17-14-27/h3-10,23H,11-19H2,1-2H3/t23-/m0/s1. The third-order valence-corrected chi connectivity index (χ3v) is 6.46. The summed E-state index contributed by atoms with van der Waals surface area (Å²) >= 11 is 0. The number of rotatable bonds is 7. The Balaban J connectivity index is 1.49. The quantitative estimate of drug-likeness (QED) is 0.623. The molecule has 34 heavy (non-hydrogen) atoms. The van der Waals surface area contributed by atoms with E-state index >= 15 is 0 Å². The van der Waals surface area contributed by atoms with Crippen LogP contribution in [-0.4, -0.2) is 92.7 Å². The van der Waals surface area contributed by atoms with Crippen molar-refractivity contribution in [2.24, 2.45) is 0 Å². The van der Waals surface area contributed by atoms with Crippen molar-refractivity contribution in [1.29, 1.82) is 0 Å². The molecule has 1 atom stereocenters. The van der Waals surface area contributed by atoms with E-state index < -0.39 is 0 Å². The molecule has 2 amide bonds. The van der Waals surface area contributed by atoms with Crippen LogP contribution in [0.3, 0.4) is 0 Å². The number of methoxy groups -OCH3 is 1. The highest BCUT2D eigenvalue weighted by Gasteiger charge is 2.34. The molecule has 0 spiro atoms.